The van der Waals surface area contributed by atoms with E-state index in [-0.39, 0.29) is 5.82 Å². The Balaban J connectivity index is 1.71. The molecule has 2 bridgehead atoms. The molecule has 1 aromatic rings. The van der Waals surface area contributed by atoms with Crippen molar-refractivity contribution in [3.63, 3.8) is 0 Å². The van der Waals surface area contributed by atoms with Crippen LogP contribution < -0.4 is 5.32 Å². The van der Waals surface area contributed by atoms with Gasteiger partial charge in [0, 0.05) is 17.1 Å². The smallest absolute Gasteiger partial charge is 0.124 e. The Morgan fingerprint density at radius 3 is 2.65 bits per heavy atom. The fraction of sp³-hybridized carbons (Fsp3) is 0.647. The van der Waals surface area contributed by atoms with Crippen LogP contribution >= 0.6 is 15.9 Å². The summed E-state index contributed by atoms with van der Waals surface area (Å²) in [4.78, 5) is 0. The highest BCUT2D eigenvalue weighted by molar-refractivity contribution is 9.10. The van der Waals surface area contributed by atoms with Crippen LogP contribution in [0.1, 0.15) is 45.6 Å². The van der Waals surface area contributed by atoms with E-state index in [2.05, 4.69) is 42.0 Å². The summed E-state index contributed by atoms with van der Waals surface area (Å²) < 4.78 is 14.0. The van der Waals surface area contributed by atoms with Crippen molar-refractivity contribution in [1.29, 1.82) is 0 Å². The van der Waals surface area contributed by atoms with Gasteiger partial charge in [-0.2, -0.15) is 0 Å². The SMILES string of the molecule is CC1(C)C2CCC1(C)C(NCc1ccc(F)cc1Br)C2. The Morgan fingerprint density at radius 2 is 2.10 bits per heavy atom. The van der Waals surface area contributed by atoms with Crippen LogP contribution in [0.4, 0.5) is 4.39 Å². The molecule has 1 nitrogen and oxygen atoms in total. The summed E-state index contributed by atoms with van der Waals surface area (Å²) in [6.07, 6.45) is 3.98. The maximum absolute atomic E-state index is 13.1. The zero-order chi connectivity index (χ0) is 14.5. The van der Waals surface area contributed by atoms with Crippen molar-refractivity contribution in [3.8, 4) is 0 Å². The van der Waals surface area contributed by atoms with Crippen LogP contribution in [-0.4, -0.2) is 6.04 Å². The summed E-state index contributed by atoms with van der Waals surface area (Å²) in [5.41, 5.74) is 1.96. The summed E-state index contributed by atoms with van der Waals surface area (Å²) >= 11 is 3.45. The highest BCUT2D eigenvalue weighted by atomic mass is 79.9. The third-order valence-corrected chi connectivity index (χ3v) is 7.09. The van der Waals surface area contributed by atoms with Crippen molar-refractivity contribution in [2.24, 2.45) is 16.7 Å². The molecule has 0 amide bonds. The van der Waals surface area contributed by atoms with E-state index in [0.29, 0.717) is 16.9 Å². The fourth-order valence-electron chi connectivity index (χ4n) is 4.41. The number of nitrogens with one attached hydrogen (secondary N) is 1. The molecule has 2 fully saturated rings. The molecule has 20 heavy (non-hydrogen) atoms. The van der Waals surface area contributed by atoms with Gasteiger partial charge in [-0.25, -0.2) is 4.39 Å². The van der Waals surface area contributed by atoms with Crippen LogP contribution in [-0.2, 0) is 6.54 Å². The predicted octanol–water partition coefficient (Wildman–Crippen LogP) is 4.89. The van der Waals surface area contributed by atoms with Gasteiger partial charge in [0.2, 0.25) is 0 Å². The molecule has 3 rings (SSSR count). The van der Waals surface area contributed by atoms with E-state index in [1.807, 2.05) is 6.07 Å². The molecule has 2 aliphatic rings. The first-order chi connectivity index (χ1) is 9.34. The van der Waals surface area contributed by atoms with Gasteiger partial charge in [0.1, 0.15) is 5.82 Å². The molecule has 0 heterocycles. The molecule has 0 spiro atoms. The van der Waals surface area contributed by atoms with E-state index in [1.54, 1.807) is 6.07 Å². The summed E-state index contributed by atoms with van der Waals surface area (Å²) in [6, 6.07) is 5.53. The largest absolute Gasteiger partial charge is 0.309 e. The lowest BCUT2D eigenvalue weighted by atomic mass is 9.69. The molecule has 0 aromatic heterocycles. The molecule has 0 saturated heterocycles. The second kappa shape index (κ2) is 4.81. The van der Waals surface area contributed by atoms with Gasteiger partial charge < -0.3 is 5.32 Å². The topological polar surface area (TPSA) is 12.0 Å². The second-order valence-corrected chi connectivity index (χ2v) is 8.13. The maximum Gasteiger partial charge on any atom is 0.124 e. The zero-order valence-corrected chi connectivity index (χ0v) is 14.1. The average molecular weight is 340 g/mol. The van der Waals surface area contributed by atoms with Crippen molar-refractivity contribution in [2.45, 2.75) is 52.6 Å². The number of fused-ring (bicyclic) bond motifs is 2. The number of halogens is 2. The summed E-state index contributed by atoms with van der Waals surface area (Å²) in [6.45, 7) is 8.11. The van der Waals surface area contributed by atoms with Gasteiger partial charge in [0.15, 0.2) is 0 Å². The summed E-state index contributed by atoms with van der Waals surface area (Å²) in [5, 5.41) is 3.73. The highest BCUT2D eigenvalue weighted by Crippen LogP contribution is 2.65. The monoisotopic (exact) mass is 339 g/mol. The first-order valence-electron chi connectivity index (χ1n) is 7.52. The quantitative estimate of drug-likeness (QED) is 0.826. The molecule has 0 aliphatic heterocycles. The van der Waals surface area contributed by atoms with E-state index < -0.39 is 0 Å². The van der Waals surface area contributed by atoms with Crippen LogP contribution in [0.25, 0.3) is 0 Å². The third-order valence-electron chi connectivity index (χ3n) is 6.35. The van der Waals surface area contributed by atoms with Crippen molar-refractivity contribution in [1.82, 2.24) is 5.32 Å². The zero-order valence-electron chi connectivity index (χ0n) is 12.5. The molecule has 1 aromatic carbocycles. The number of benzene rings is 1. The molecule has 3 unspecified atom stereocenters. The van der Waals surface area contributed by atoms with Crippen molar-refractivity contribution in [3.05, 3.63) is 34.1 Å². The minimum Gasteiger partial charge on any atom is -0.309 e. The van der Waals surface area contributed by atoms with E-state index in [0.717, 1.165) is 22.5 Å². The molecule has 2 saturated carbocycles. The van der Waals surface area contributed by atoms with Crippen molar-refractivity contribution >= 4 is 15.9 Å². The van der Waals surface area contributed by atoms with Crippen molar-refractivity contribution < 1.29 is 4.39 Å². The van der Waals surface area contributed by atoms with E-state index in [9.17, 15) is 4.39 Å². The molecule has 2 aliphatic carbocycles. The Labute approximate surface area is 129 Å². The van der Waals surface area contributed by atoms with Gasteiger partial charge in [-0.1, -0.05) is 42.8 Å². The molecule has 3 heteroatoms. The lowest BCUT2D eigenvalue weighted by molar-refractivity contribution is 0.120. The van der Waals surface area contributed by atoms with Crippen LogP contribution in [0, 0.1) is 22.6 Å². The average Bonchev–Trinajstić information content (AvgIpc) is 2.70. The Morgan fingerprint density at radius 1 is 1.35 bits per heavy atom. The third kappa shape index (κ3) is 2.05. The maximum atomic E-state index is 13.1. The van der Waals surface area contributed by atoms with Crippen LogP contribution in [0.15, 0.2) is 22.7 Å². The van der Waals surface area contributed by atoms with Gasteiger partial charge >= 0.3 is 0 Å². The van der Waals surface area contributed by atoms with Gasteiger partial charge in [0.05, 0.1) is 0 Å². The van der Waals surface area contributed by atoms with E-state index in [4.69, 9.17) is 0 Å². The molecular formula is C17H23BrFN. The normalized spacial score (nSPS) is 34.6. The minimum absolute atomic E-state index is 0.186. The number of rotatable bonds is 3. The molecule has 0 radical (unpaired) electrons. The van der Waals surface area contributed by atoms with Gasteiger partial charge in [-0.3, -0.25) is 0 Å². The van der Waals surface area contributed by atoms with E-state index >= 15 is 0 Å². The first-order valence-corrected chi connectivity index (χ1v) is 8.31. The standard InChI is InChI=1S/C17H23BrFN/c1-16(2)12-6-7-17(16,3)15(8-12)20-10-11-4-5-13(19)9-14(11)18/h4-5,9,12,15,20H,6-8,10H2,1-3H3. The van der Waals surface area contributed by atoms with Crippen molar-refractivity contribution in [2.75, 3.05) is 0 Å². The summed E-state index contributed by atoms with van der Waals surface area (Å²) in [7, 11) is 0. The van der Waals surface area contributed by atoms with E-state index in [1.165, 1.54) is 25.3 Å². The van der Waals surface area contributed by atoms with Crippen LogP contribution in [0.2, 0.25) is 0 Å². The number of hydrogen-bond acceptors (Lipinski definition) is 1. The molecule has 110 valence electrons. The van der Waals surface area contributed by atoms with Gasteiger partial charge in [-0.05, 0) is 53.7 Å². The second-order valence-electron chi connectivity index (χ2n) is 7.28. The minimum atomic E-state index is -0.186. The Kier molecular flexibility index (Phi) is 3.49. The van der Waals surface area contributed by atoms with Gasteiger partial charge in [0.25, 0.3) is 0 Å². The molecule has 3 atom stereocenters. The van der Waals surface area contributed by atoms with Crippen LogP contribution in [0.3, 0.4) is 0 Å². The Bertz CT molecular complexity index is 528. The highest BCUT2D eigenvalue weighted by Gasteiger charge is 2.60. The fourth-order valence-corrected chi connectivity index (χ4v) is 4.90. The van der Waals surface area contributed by atoms with Gasteiger partial charge in [-0.15, -0.1) is 0 Å². The summed E-state index contributed by atoms with van der Waals surface area (Å²) in [5.74, 6) is 0.662. The first kappa shape index (κ1) is 14.5. The lowest BCUT2D eigenvalue weighted by Crippen LogP contribution is -2.44. The molecule has 1 N–H and O–H groups in total. The lowest BCUT2D eigenvalue weighted by Gasteiger charge is -2.39. The predicted molar refractivity (Wildman–Crippen MR) is 84.0 cm³/mol. The molecular weight excluding hydrogens is 317 g/mol. The van der Waals surface area contributed by atoms with Crippen LogP contribution in [0.5, 0.6) is 0 Å². The Hall–Kier alpha value is -0.410. The number of hydrogen-bond donors (Lipinski definition) is 1.